The minimum atomic E-state index is -1.00. The molecule has 0 spiro atoms. The molecule has 2 unspecified atom stereocenters. The molecule has 0 aliphatic rings. The summed E-state index contributed by atoms with van der Waals surface area (Å²) in [6.45, 7) is 1.13. The van der Waals surface area contributed by atoms with Gasteiger partial charge >= 0.3 is 0 Å². The quantitative estimate of drug-likeness (QED) is 0.520. The standard InChI is InChI=1S/C16H25NO6/c1-16(10-19,9-12(20)6-7-18)17-15(21)11-4-5-13(22-2)14(8-11)23-3/h4-5,8,12,18-20H,6-7,9-10H2,1-3H3,(H,17,21). The molecule has 1 aromatic carbocycles. The van der Waals surface area contributed by atoms with Gasteiger partial charge in [0.1, 0.15) is 0 Å². The lowest BCUT2D eigenvalue weighted by molar-refractivity contribution is 0.0606. The van der Waals surface area contributed by atoms with Crippen molar-refractivity contribution in [2.24, 2.45) is 0 Å². The second kappa shape index (κ2) is 8.71. The molecule has 1 aromatic rings. The molecular formula is C16H25NO6. The van der Waals surface area contributed by atoms with Crippen LogP contribution in [0.3, 0.4) is 0 Å². The number of hydrogen-bond donors (Lipinski definition) is 4. The Hall–Kier alpha value is -1.83. The normalized spacial score (nSPS) is 14.7. The Kier molecular flexibility index (Phi) is 7.28. The van der Waals surface area contributed by atoms with Gasteiger partial charge in [-0.15, -0.1) is 0 Å². The van der Waals surface area contributed by atoms with Crippen LogP contribution < -0.4 is 14.8 Å². The monoisotopic (exact) mass is 327 g/mol. The zero-order valence-electron chi connectivity index (χ0n) is 13.7. The lowest BCUT2D eigenvalue weighted by atomic mass is 9.93. The highest BCUT2D eigenvalue weighted by atomic mass is 16.5. The summed E-state index contributed by atoms with van der Waals surface area (Å²) in [6, 6.07) is 4.74. The average Bonchev–Trinajstić information content (AvgIpc) is 2.54. The second-order valence-electron chi connectivity index (χ2n) is 5.61. The molecule has 0 heterocycles. The highest BCUT2D eigenvalue weighted by Crippen LogP contribution is 2.27. The van der Waals surface area contributed by atoms with Gasteiger partial charge in [0.05, 0.1) is 32.5 Å². The summed E-state index contributed by atoms with van der Waals surface area (Å²) in [5.74, 6) is 0.525. The maximum absolute atomic E-state index is 12.4. The minimum absolute atomic E-state index is 0.128. The number of carbonyl (C=O) groups is 1. The summed E-state index contributed by atoms with van der Waals surface area (Å²) in [7, 11) is 2.98. The van der Waals surface area contributed by atoms with Crippen molar-refractivity contribution in [1.29, 1.82) is 0 Å². The SMILES string of the molecule is COc1ccc(C(=O)NC(C)(CO)CC(O)CCO)cc1OC. The minimum Gasteiger partial charge on any atom is -0.493 e. The van der Waals surface area contributed by atoms with Gasteiger partial charge in [-0.2, -0.15) is 0 Å². The Bertz CT molecular complexity index is 521. The summed E-state index contributed by atoms with van der Waals surface area (Å²) < 4.78 is 10.3. The number of carbonyl (C=O) groups excluding carboxylic acids is 1. The smallest absolute Gasteiger partial charge is 0.251 e. The number of amides is 1. The van der Waals surface area contributed by atoms with E-state index < -0.39 is 17.6 Å². The van der Waals surface area contributed by atoms with Crippen LogP contribution in [0.4, 0.5) is 0 Å². The topological polar surface area (TPSA) is 108 Å². The first-order valence-electron chi connectivity index (χ1n) is 7.33. The van der Waals surface area contributed by atoms with Crippen LogP contribution in [0.15, 0.2) is 18.2 Å². The van der Waals surface area contributed by atoms with Crippen molar-refractivity contribution >= 4 is 5.91 Å². The van der Waals surface area contributed by atoms with Gasteiger partial charge < -0.3 is 30.1 Å². The van der Waals surface area contributed by atoms with E-state index >= 15 is 0 Å². The van der Waals surface area contributed by atoms with Gasteiger partial charge in [-0.1, -0.05) is 0 Å². The lowest BCUT2D eigenvalue weighted by Crippen LogP contribution is -2.51. The van der Waals surface area contributed by atoms with Gasteiger partial charge in [0, 0.05) is 12.2 Å². The third kappa shape index (κ3) is 5.38. The van der Waals surface area contributed by atoms with Crippen molar-refractivity contribution in [3.8, 4) is 11.5 Å². The molecule has 0 aliphatic heterocycles. The van der Waals surface area contributed by atoms with E-state index in [1.54, 1.807) is 19.1 Å². The number of nitrogens with one attached hydrogen (secondary N) is 1. The van der Waals surface area contributed by atoms with Crippen LogP contribution in [0.5, 0.6) is 11.5 Å². The number of aliphatic hydroxyl groups is 3. The van der Waals surface area contributed by atoms with Crippen molar-refractivity contribution in [3.05, 3.63) is 23.8 Å². The highest BCUT2D eigenvalue weighted by Gasteiger charge is 2.29. The molecule has 0 saturated carbocycles. The molecule has 1 amide bonds. The van der Waals surface area contributed by atoms with Gasteiger partial charge in [-0.25, -0.2) is 0 Å². The van der Waals surface area contributed by atoms with E-state index in [0.717, 1.165) is 0 Å². The zero-order valence-corrected chi connectivity index (χ0v) is 13.7. The van der Waals surface area contributed by atoms with Crippen molar-refractivity contribution in [3.63, 3.8) is 0 Å². The highest BCUT2D eigenvalue weighted by molar-refractivity contribution is 5.95. The number of rotatable bonds is 9. The van der Waals surface area contributed by atoms with Crippen molar-refractivity contribution in [2.75, 3.05) is 27.4 Å². The summed E-state index contributed by atoms with van der Waals surface area (Å²) >= 11 is 0. The van der Waals surface area contributed by atoms with Crippen LogP contribution in [-0.4, -0.2) is 60.3 Å². The summed E-state index contributed by atoms with van der Waals surface area (Å²) in [5, 5.41) is 30.9. The summed E-state index contributed by atoms with van der Waals surface area (Å²) in [6.07, 6.45) is -0.506. The fourth-order valence-corrected chi connectivity index (χ4v) is 2.25. The molecule has 2 atom stereocenters. The Morgan fingerprint density at radius 1 is 1.26 bits per heavy atom. The van der Waals surface area contributed by atoms with Gasteiger partial charge in [0.15, 0.2) is 11.5 Å². The molecule has 7 nitrogen and oxygen atoms in total. The predicted octanol–water partition coefficient (Wildman–Crippen LogP) is 0.318. The molecule has 0 saturated heterocycles. The Balaban J connectivity index is 2.87. The summed E-state index contributed by atoms with van der Waals surface area (Å²) in [4.78, 5) is 12.4. The third-order valence-corrected chi connectivity index (χ3v) is 3.56. The Morgan fingerprint density at radius 3 is 2.43 bits per heavy atom. The van der Waals surface area contributed by atoms with Gasteiger partial charge in [0.2, 0.25) is 0 Å². The zero-order chi connectivity index (χ0) is 17.5. The fraction of sp³-hybridized carbons (Fsp3) is 0.562. The van der Waals surface area contributed by atoms with E-state index in [2.05, 4.69) is 5.32 Å². The fourth-order valence-electron chi connectivity index (χ4n) is 2.25. The largest absolute Gasteiger partial charge is 0.493 e. The molecule has 1 rings (SSSR count). The molecule has 7 heteroatoms. The third-order valence-electron chi connectivity index (χ3n) is 3.56. The first-order chi connectivity index (χ1) is 10.9. The van der Waals surface area contributed by atoms with Crippen LogP contribution in [0, 0.1) is 0 Å². The van der Waals surface area contributed by atoms with E-state index in [0.29, 0.717) is 17.1 Å². The molecule has 4 N–H and O–H groups in total. The van der Waals surface area contributed by atoms with E-state index in [-0.39, 0.29) is 26.1 Å². The molecule has 130 valence electrons. The van der Waals surface area contributed by atoms with Crippen LogP contribution in [0.2, 0.25) is 0 Å². The molecule has 0 bridgehead atoms. The van der Waals surface area contributed by atoms with E-state index in [4.69, 9.17) is 14.6 Å². The van der Waals surface area contributed by atoms with E-state index in [1.807, 2.05) is 0 Å². The van der Waals surface area contributed by atoms with Gasteiger partial charge in [0.25, 0.3) is 5.91 Å². The predicted molar refractivity (Wildman–Crippen MR) is 84.8 cm³/mol. The van der Waals surface area contributed by atoms with Crippen LogP contribution in [-0.2, 0) is 0 Å². The molecule has 23 heavy (non-hydrogen) atoms. The second-order valence-corrected chi connectivity index (χ2v) is 5.61. The molecule has 0 radical (unpaired) electrons. The molecule has 0 aromatic heterocycles. The molecule has 0 fully saturated rings. The first kappa shape index (κ1) is 19.2. The number of ether oxygens (including phenoxy) is 2. The van der Waals surface area contributed by atoms with Crippen molar-refractivity contribution in [2.45, 2.75) is 31.4 Å². The maximum atomic E-state index is 12.4. The number of benzene rings is 1. The lowest BCUT2D eigenvalue weighted by Gasteiger charge is -2.31. The Labute approximate surface area is 135 Å². The molecule has 0 aliphatic carbocycles. The summed E-state index contributed by atoms with van der Waals surface area (Å²) in [5.41, 5.74) is -0.655. The number of aliphatic hydroxyl groups excluding tert-OH is 3. The maximum Gasteiger partial charge on any atom is 0.251 e. The number of hydrogen-bond acceptors (Lipinski definition) is 6. The average molecular weight is 327 g/mol. The van der Waals surface area contributed by atoms with Crippen LogP contribution in [0.1, 0.15) is 30.1 Å². The van der Waals surface area contributed by atoms with E-state index in [9.17, 15) is 15.0 Å². The van der Waals surface area contributed by atoms with Crippen LogP contribution >= 0.6 is 0 Å². The van der Waals surface area contributed by atoms with Crippen molar-refractivity contribution < 1.29 is 29.6 Å². The van der Waals surface area contributed by atoms with Crippen LogP contribution in [0.25, 0.3) is 0 Å². The first-order valence-corrected chi connectivity index (χ1v) is 7.33. The van der Waals surface area contributed by atoms with Gasteiger partial charge in [-0.3, -0.25) is 4.79 Å². The Morgan fingerprint density at radius 2 is 1.91 bits per heavy atom. The van der Waals surface area contributed by atoms with Gasteiger partial charge in [-0.05, 0) is 38.0 Å². The molecular weight excluding hydrogens is 302 g/mol. The van der Waals surface area contributed by atoms with Crippen molar-refractivity contribution in [1.82, 2.24) is 5.32 Å². The van der Waals surface area contributed by atoms with E-state index in [1.165, 1.54) is 20.3 Å². The number of methoxy groups -OCH3 is 2.